The molecular formula is C8H9BrF2N2O3P+. The van der Waals surface area contributed by atoms with Crippen molar-refractivity contribution in [2.75, 3.05) is 0 Å². The Bertz CT molecular complexity index is 433. The number of rotatable bonds is 5. The Morgan fingerprint density at radius 1 is 1.59 bits per heavy atom. The zero-order chi connectivity index (χ0) is 13.1. The van der Waals surface area contributed by atoms with Crippen molar-refractivity contribution in [3.63, 3.8) is 0 Å². The van der Waals surface area contributed by atoms with Crippen LogP contribution in [0.2, 0.25) is 0 Å². The molecule has 0 heterocycles. The van der Waals surface area contributed by atoms with Gasteiger partial charge in [0.05, 0.1) is 5.56 Å². The number of benzene rings is 1. The highest BCUT2D eigenvalue weighted by molar-refractivity contribution is 9.10. The van der Waals surface area contributed by atoms with Gasteiger partial charge in [0.2, 0.25) is 0 Å². The van der Waals surface area contributed by atoms with E-state index in [9.17, 15) is 13.3 Å². The summed E-state index contributed by atoms with van der Waals surface area (Å²) in [5.41, 5.74) is 2.52. The Labute approximate surface area is 105 Å². The highest BCUT2D eigenvalue weighted by Crippen LogP contribution is 2.40. The van der Waals surface area contributed by atoms with Gasteiger partial charge in [-0.2, -0.15) is 8.78 Å². The fourth-order valence-electron chi connectivity index (χ4n) is 1.17. The van der Waals surface area contributed by atoms with E-state index in [2.05, 4.69) is 25.9 Å². The first kappa shape index (κ1) is 14.6. The first-order valence-electron chi connectivity index (χ1n) is 4.32. The van der Waals surface area contributed by atoms with Crippen LogP contribution in [0.4, 0.5) is 8.78 Å². The molecule has 5 nitrogen and oxygen atoms in total. The van der Waals surface area contributed by atoms with Crippen LogP contribution in [-0.2, 0) is 21.7 Å². The van der Waals surface area contributed by atoms with Gasteiger partial charge in [0.25, 0.3) is 0 Å². The SMILES string of the molecule is NNCc1ccc(C(F)(F)O[P+](=O)O)c(Br)c1. The van der Waals surface area contributed by atoms with E-state index in [1.54, 1.807) is 0 Å². The second kappa shape index (κ2) is 5.90. The molecule has 0 spiro atoms. The topological polar surface area (TPSA) is 84.6 Å². The van der Waals surface area contributed by atoms with E-state index in [4.69, 9.17) is 10.7 Å². The molecule has 4 N–H and O–H groups in total. The highest BCUT2D eigenvalue weighted by atomic mass is 79.9. The lowest BCUT2D eigenvalue weighted by atomic mass is 10.1. The molecule has 1 atom stereocenters. The van der Waals surface area contributed by atoms with Crippen LogP contribution in [0.15, 0.2) is 22.7 Å². The zero-order valence-electron chi connectivity index (χ0n) is 8.36. The quantitative estimate of drug-likeness (QED) is 0.438. The molecule has 17 heavy (non-hydrogen) atoms. The molecule has 0 saturated carbocycles. The van der Waals surface area contributed by atoms with Crippen LogP contribution in [0.25, 0.3) is 0 Å². The maximum absolute atomic E-state index is 13.3. The van der Waals surface area contributed by atoms with Crippen LogP contribution in [-0.4, -0.2) is 4.89 Å². The maximum atomic E-state index is 13.3. The van der Waals surface area contributed by atoms with Crippen LogP contribution < -0.4 is 11.3 Å². The second-order valence-corrected chi connectivity index (χ2v) is 4.55. The summed E-state index contributed by atoms with van der Waals surface area (Å²) < 4.78 is 40.7. The summed E-state index contributed by atoms with van der Waals surface area (Å²) in [6.45, 7) is 0.305. The van der Waals surface area contributed by atoms with Gasteiger partial charge in [-0.15, -0.1) is 4.89 Å². The van der Waals surface area contributed by atoms with Crippen molar-refractivity contribution >= 4 is 24.2 Å². The van der Waals surface area contributed by atoms with Gasteiger partial charge in [0.1, 0.15) is 0 Å². The molecule has 1 aromatic carbocycles. The highest BCUT2D eigenvalue weighted by Gasteiger charge is 2.44. The van der Waals surface area contributed by atoms with Gasteiger partial charge >= 0.3 is 14.4 Å². The fraction of sp³-hybridized carbons (Fsp3) is 0.250. The smallest absolute Gasteiger partial charge is 0.271 e. The summed E-state index contributed by atoms with van der Waals surface area (Å²) in [6.07, 6.45) is -3.84. The first-order valence-corrected chi connectivity index (χ1v) is 6.24. The molecule has 9 heteroatoms. The Morgan fingerprint density at radius 2 is 2.24 bits per heavy atom. The minimum Gasteiger partial charge on any atom is -0.271 e. The van der Waals surface area contributed by atoms with E-state index in [-0.39, 0.29) is 4.47 Å². The van der Waals surface area contributed by atoms with Gasteiger partial charge < -0.3 is 0 Å². The van der Waals surface area contributed by atoms with E-state index in [1.807, 2.05) is 0 Å². The lowest BCUT2D eigenvalue weighted by Gasteiger charge is -2.12. The molecule has 1 unspecified atom stereocenters. The Morgan fingerprint density at radius 3 is 2.71 bits per heavy atom. The monoisotopic (exact) mass is 329 g/mol. The lowest BCUT2D eigenvalue weighted by molar-refractivity contribution is -0.186. The van der Waals surface area contributed by atoms with Crippen molar-refractivity contribution in [3.8, 4) is 0 Å². The summed E-state index contributed by atoms with van der Waals surface area (Å²) in [5, 5.41) is 0. The van der Waals surface area contributed by atoms with E-state index < -0.39 is 19.9 Å². The Balaban J connectivity index is 3.02. The average molecular weight is 330 g/mol. The van der Waals surface area contributed by atoms with Gasteiger partial charge in [-0.1, -0.05) is 22.0 Å². The van der Waals surface area contributed by atoms with Crippen LogP contribution >= 0.6 is 24.2 Å². The summed E-state index contributed by atoms with van der Waals surface area (Å²) >= 11 is 2.94. The molecule has 0 aliphatic carbocycles. The molecule has 0 radical (unpaired) electrons. The first-order chi connectivity index (χ1) is 7.86. The third kappa shape index (κ3) is 4.02. The van der Waals surface area contributed by atoms with Crippen LogP contribution in [0.5, 0.6) is 0 Å². The van der Waals surface area contributed by atoms with Gasteiger partial charge in [0.15, 0.2) is 0 Å². The maximum Gasteiger partial charge on any atom is 0.701 e. The predicted octanol–water partition coefficient (Wildman–Crippen LogP) is 2.13. The van der Waals surface area contributed by atoms with Gasteiger partial charge in [-0.05, 0) is 22.2 Å². The van der Waals surface area contributed by atoms with Crippen molar-refractivity contribution in [2.24, 2.45) is 5.84 Å². The second-order valence-electron chi connectivity index (χ2n) is 3.04. The zero-order valence-corrected chi connectivity index (χ0v) is 10.8. The van der Waals surface area contributed by atoms with Gasteiger partial charge in [-0.25, -0.2) is 0 Å². The molecule has 0 saturated heterocycles. The van der Waals surface area contributed by atoms with Crippen molar-refractivity contribution < 1.29 is 22.8 Å². The standard InChI is InChI=1S/C8H8BrF2N2O3P/c9-7-3-5(4-13-12)1-2-6(7)8(10,11)16-17(14)15/h1-3,13H,4,12H2/p+1. The van der Waals surface area contributed by atoms with Gasteiger partial charge in [-0.3, -0.25) is 11.3 Å². The molecule has 0 fully saturated rings. The number of hydrazine groups is 1. The molecule has 0 bridgehead atoms. The third-order valence-electron chi connectivity index (χ3n) is 1.85. The number of hydrogen-bond acceptors (Lipinski definition) is 4. The number of alkyl halides is 2. The number of nitrogens with two attached hydrogens (primary N) is 1. The summed E-state index contributed by atoms with van der Waals surface area (Å²) in [7, 11) is -3.39. The Kier molecular flexibility index (Phi) is 5.05. The molecule has 0 aliphatic rings. The van der Waals surface area contributed by atoms with Crippen LogP contribution in [0.3, 0.4) is 0 Å². The molecular weight excluding hydrogens is 321 g/mol. The van der Waals surface area contributed by atoms with E-state index in [1.165, 1.54) is 12.1 Å². The van der Waals surface area contributed by atoms with Crippen molar-refractivity contribution in [1.29, 1.82) is 0 Å². The summed E-state index contributed by atoms with van der Waals surface area (Å²) in [4.78, 5) is 8.34. The minimum absolute atomic E-state index is 0.0621. The van der Waals surface area contributed by atoms with E-state index >= 15 is 0 Å². The van der Waals surface area contributed by atoms with Crippen LogP contribution in [0, 0.1) is 0 Å². The number of hydrogen-bond donors (Lipinski definition) is 3. The fourth-order valence-corrected chi connectivity index (χ4v) is 2.12. The van der Waals surface area contributed by atoms with Crippen molar-refractivity contribution in [3.05, 3.63) is 33.8 Å². The minimum atomic E-state index is -3.84. The third-order valence-corrected chi connectivity index (χ3v) is 2.89. The Hall–Kier alpha value is -0.500. The largest absolute Gasteiger partial charge is 0.701 e. The van der Waals surface area contributed by atoms with Crippen molar-refractivity contribution in [2.45, 2.75) is 12.7 Å². The van der Waals surface area contributed by atoms with E-state index in [0.29, 0.717) is 12.1 Å². The summed E-state index contributed by atoms with van der Waals surface area (Å²) in [5.74, 6) is 5.09. The normalized spacial score (nSPS) is 12.6. The van der Waals surface area contributed by atoms with Gasteiger partial charge in [0, 0.05) is 15.6 Å². The number of halogens is 3. The number of nitrogens with one attached hydrogen (secondary N) is 1. The molecule has 0 aromatic heterocycles. The summed E-state index contributed by atoms with van der Waals surface area (Å²) in [6, 6.07) is 3.91. The lowest BCUT2D eigenvalue weighted by Crippen LogP contribution is -2.21. The molecule has 0 amide bonds. The molecule has 94 valence electrons. The molecule has 1 aromatic rings. The predicted molar refractivity (Wildman–Crippen MR) is 60.0 cm³/mol. The average Bonchev–Trinajstić information content (AvgIpc) is 2.15. The van der Waals surface area contributed by atoms with Crippen molar-refractivity contribution in [1.82, 2.24) is 5.43 Å². The van der Waals surface area contributed by atoms with Crippen LogP contribution in [0.1, 0.15) is 11.1 Å². The molecule has 1 rings (SSSR count). The van der Waals surface area contributed by atoms with E-state index in [0.717, 1.165) is 6.07 Å². The molecule has 0 aliphatic heterocycles.